The van der Waals surface area contributed by atoms with Crippen molar-refractivity contribution in [1.29, 1.82) is 0 Å². The van der Waals surface area contributed by atoms with Crippen molar-refractivity contribution in [2.45, 2.75) is 141 Å². The molecule has 0 bridgehead atoms. The van der Waals surface area contributed by atoms with Gasteiger partial charge in [-0.15, -0.1) is 5.06 Å². The number of Topliss-reactive ketones (excluding diaryl/α,β-unsaturated/α-hetero) is 2. The molecule has 4 aromatic carbocycles. The van der Waals surface area contributed by atoms with Gasteiger partial charge in [-0.1, -0.05) is 100 Å². The summed E-state index contributed by atoms with van der Waals surface area (Å²) >= 11 is 0. The van der Waals surface area contributed by atoms with Gasteiger partial charge in [0.25, 0.3) is 11.8 Å². The molecule has 27 heteroatoms. The molecule has 4 amide bonds. The minimum Gasteiger partial charge on any atom is -0.748 e. The van der Waals surface area contributed by atoms with Gasteiger partial charge < -0.3 is 50.1 Å². The van der Waals surface area contributed by atoms with Gasteiger partial charge in [-0.2, -0.15) is 9.15 Å². The minimum atomic E-state index is -4.94. The zero-order chi connectivity index (χ0) is 75.2. The second-order valence-corrected chi connectivity index (χ2v) is 31.7. The quantitative estimate of drug-likeness (QED) is 0.0150. The highest BCUT2D eigenvalue weighted by Gasteiger charge is 2.49. The van der Waals surface area contributed by atoms with E-state index < -0.39 is 101 Å². The number of imide groups is 1. The number of para-hydroxylation sites is 4. The lowest BCUT2D eigenvalue weighted by Crippen LogP contribution is -2.50. The van der Waals surface area contributed by atoms with Gasteiger partial charge in [0, 0.05) is 133 Å². The molecular weight excluding hydrogens is 1360 g/mol. The molecule has 4 aromatic rings. The second-order valence-electron chi connectivity index (χ2n) is 28.8. The number of aliphatic carboxylic acids is 1. The molecule has 2 aliphatic carbocycles. The number of carboxylic acid groups (broad SMARTS) is 1. The number of amides is 4. The number of nitrogens with zero attached hydrogens (tertiary/aromatic N) is 5. The van der Waals surface area contributed by atoms with Crippen LogP contribution in [0.3, 0.4) is 0 Å². The Morgan fingerprint density at radius 1 is 0.534 bits per heavy atom. The molecule has 5 aliphatic heterocycles. The first-order valence-corrected chi connectivity index (χ1v) is 37.2. The highest BCUT2D eigenvalue weighted by atomic mass is 32.2. The Labute approximate surface area is 600 Å². The molecular formula is C76H87N9O16S2. The molecule has 0 saturated carbocycles. The molecule has 544 valence electrons. The molecule has 0 spiro atoms. The van der Waals surface area contributed by atoms with Gasteiger partial charge in [-0.25, -0.2) is 21.6 Å². The number of nitrogens with one attached hydrogen (secondary N) is 4. The third-order valence-corrected chi connectivity index (χ3v) is 21.9. The van der Waals surface area contributed by atoms with E-state index in [0.717, 1.165) is 67.8 Å². The van der Waals surface area contributed by atoms with Gasteiger partial charge in [-0.3, -0.25) is 33.6 Å². The molecule has 11 rings (SSSR count). The first-order valence-electron chi connectivity index (χ1n) is 34.1. The fourth-order valence-corrected chi connectivity index (χ4v) is 16.0. The zero-order valence-corrected chi connectivity index (χ0v) is 61.4. The first-order chi connectivity index (χ1) is 48.3. The summed E-state index contributed by atoms with van der Waals surface area (Å²) in [6.07, 6.45) is 7.92. The molecule has 2 atom stereocenters. The number of carbonyl (C=O) groups excluding carboxylic acids is 7. The minimum absolute atomic E-state index is 0.00870. The van der Waals surface area contributed by atoms with E-state index in [-0.39, 0.29) is 96.9 Å². The van der Waals surface area contributed by atoms with E-state index in [4.69, 9.17) is 9.94 Å². The van der Waals surface area contributed by atoms with Crippen molar-refractivity contribution in [2.75, 3.05) is 62.6 Å². The standard InChI is InChI=1S/C40H45N5O9S.C36H42N4O7S/c1-39(2)26-13-7-9-15-29(26)43(5)31(39)21-24-36(25(37(24)49)22-32-40(3,4)27-14-8-10-16-30(27)44(32)6)42-28(23-55(51,52)53)38(50)41-20-12-11-17-35(48)54-45-33(46)18-19-34(45)47;1-35(2)24-13-7-9-15-27(24)39(5)29(35)19-22-32(38-26(21-48(45,46)47)34(44)37-18-12-11-17-31(41)42)23(33(22)43)20-30-36(3,4)25-14-8-10-16-28(25)40(30)6/h7-10,13-16,21-22,28H,11-12,17-20,23H2,1-6H3,(H2-,41,42,49,50,51,52,53);7-10,13-16,19-20,26H,11-12,17-18,21H2,1-6H3,(H3-,37,38,41,42,43,44,45,46,47). The summed E-state index contributed by atoms with van der Waals surface area (Å²) in [5.41, 5.74) is 11.1. The van der Waals surface area contributed by atoms with E-state index in [2.05, 4.69) is 49.0 Å². The van der Waals surface area contributed by atoms with Crippen LogP contribution in [0.1, 0.15) is 129 Å². The van der Waals surface area contributed by atoms with E-state index in [1.54, 1.807) is 24.3 Å². The average Bonchev–Trinajstić information content (AvgIpc) is 1.64. The van der Waals surface area contributed by atoms with Crippen LogP contribution in [0.5, 0.6) is 0 Å². The van der Waals surface area contributed by atoms with Crippen LogP contribution in [0.2, 0.25) is 0 Å². The number of hydrogen-bond donors (Lipinski definition) is 5. The maximum atomic E-state index is 14.2. The van der Waals surface area contributed by atoms with Gasteiger partial charge in [-0.05, 0) is 88.8 Å². The predicted molar refractivity (Wildman–Crippen MR) is 384 cm³/mol. The van der Waals surface area contributed by atoms with Crippen molar-refractivity contribution in [2.24, 2.45) is 0 Å². The SMILES string of the molecule is CN1C(=CC2=C(NC(CS(=O)(=O)[O-])C(=O)NCCCCC(=O)O)C(=CC3=[N+](C)c4ccccc4C3(C)C)C2=O)C(C)(C)c2ccccc21.CN1C(=CC2=C(NC(CS(=O)(=O)[O-])C(=O)NCCCCC(=O)ON3C(=O)CCC3=O)C(=CC3=[N+](C)c4ccccc4C3(C)C)C2=O)C(C)(C)c2ccccc21. The number of likely N-dealkylation sites (N-methyl/N-ethyl adjacent to an activating group) is 2. The third kappa shape index (κ3) is 15.3. The van der Waals surface area contributed by atoms with Crippen molar-refractivity contribution in [3.8, 4) is 0 Å². The Balaban J connectivity index is 0.000000224. The molecule has 5 heterocycles. The number of anilines is 2. The fourth-order valence-electron chi connectivity index (χ4n) is 14.7. The maximum Gasteiger partial charge on any atom is 0.333 e. The van der Waals surface area contributed by atoms with Crippen LogP contribution in [0.15, 0.2) is 166 Å². The third-order valence-electron chi connectivity index (χ3n) is 20.4. The smallest absolute Gasteiger partial charge is 0.333 e. The highest BCUT2D eigenvalue weighted by Crippen LogP contribution is 2.51. The molecule has 1 fully saturated rings. The molecule has 7 aliphatic rings. The largest absolute Gasteiger partial charge is 0.748 e. The summed E-state index contributed by atoms with van der Waals surface area (Å²) in [6, 6.07) is 28.6. The number of fused-ring (bicyclic) bond motifs is 4. The van der Waals surface area contributed by atoms with Crippen LogP contribution in [-0.2, 0) is 85.1 Å². The Kier molecular flexibility index (Phi) is 21.4. The number of rotatable bonds is 25. The van der Waals surface area contributed by atoms with E-state index in [1.807, 2.05) is 172 Å². The Bertz CT molecular complexity index is 4760. The van der Waals surface area contributed by atoms with Gasteiger partial charge in [0.05, 0.1) is 65.1 Å². The van der Waals surface area contributed by atoms with E-state index in [1.165, 1.54) is 0 Å². The van der Waals surface area contributed by atoms with Crippen LogP contribution in [0.25, 0.3) is 0 Å². The number of carboxylic acids is 1. The van der Waals surface area contributed by atoms with Crippen LogP contribution < -0.4 is 31.1 Å². The van der Waals surface area contributed by atoms with Gasteiger partial charge in [0.15, 0.2) is 23.0 Å². The van der Waals surface area contributed by atoms with Crippen LogP contribution in [0, 0.1) is 0 Å². The lowest BCUT2D eigenvalue weighted by molar-refractivity contribution is -0.401. The monoisotopic (exact) mass is 1450 g/mol. The Morgan fingerprint density at radius 3 is 1.25 bits per heavy atom. The predicted octanol–water partition coefficient (Wildman–Crippen LogP) is 6.81. The van der Waals surface area contributed by atoms with Crippen LogP contribution >= 0.6 is 0 Å². The number of allylic oxidation sites excluding steroid dienone is 10. The van der Waals surface area contributed by atoms with E-state index in [9.17, 15) is 64.3 Å². The molecule has 5 N–H and O–H groups in total. The number of unbranched alkanes of at least 4 members (excludes halogenated alkanes) is 2. The molecule has 2 unspecified atom stereocenters. The van der Waals surface area contributed by atoms with Gasteiger partial charge >= 0.3 is 11.9 Å². The van der Waals surface area contributed by atoms with Crippen LogP contribution in [-0.4, -0.2) is 169 Å². The number of hydrogen-bond acceptors (Lipinski definition) is 19. The lowest BCUT2D eigenvalue weighted by atomic mass is 9.77. The highest BCUT2D eigenvalue weighted by molar-refractivity contribution is 7.86. The normalized spacial score (nSPS) is 20.4. The second kappa shape index (κ2) is 29.1. The number of benzene rings is 4. The van der Waals surface area contributed by atoms with Crippen molar-refractivity contribution in [3.05, 3.63) is 189 Å². The van der Waals surface area contributed by atoms with Crippen molar-refractivity contribution in [3.63, 3.8) is 0 Å². The number of hydroxylamine groups is 2. The number of ketones is 2. The van der Waals surface area contributed by atoms with Crippen LogP contribution in [0.4, 0.5) is 22.7 Å². The van der Waals surface area contributed by atoms with Gasteiger partial charge in [0.2, 0.25) is 23.2 Å². The summed E-state index contributed by atoms with van der Waals surface area (Å²) < 4.78 is 76.5. The van der Waals surface area contributed by atoms with Gasteiger partial charge in [0.1, 0.15) is 26.2 Å². The molecule has 1 saturated heterocycles. The number of carbonyl (C=O) groups is 8. The van der Waals surface area contributed by atoms with Crippen molar-refractivity contribution < 1.29 is 83.4 Å². The Hall–Kier alpha value is -9.96. The lowest BCUT2D eigenvalue weighted by Gasteiger charge is -2.32. The summed E-state index contributed by atoms with van der Waals surface area (Å²) in [7, 11) is -2.18. The van der Waals surface area contributed by atoms with Crippen molar-refractivity contribution in [1.82, 2.24) is 26.3 Å². The molecule has 103 heavy (non-hydrogen) atoms. The average molecular weight is 1450 g/mol. The van der Waals surface area contributed by atoms with Crippen molar-refractivity contribution >= 4 is 102 Å². The first kappa shape index (κ1) is 75.7. The zero-order valence-electron chi connectivity index (χ0n) is 59.8. The maximum absolute atomic E-state index is 14.2. The summed E-state index contributed by atoms with van der Waals surface area (Å²) in [5.74, 6) is -7.20. The molecule has 0 radical (unpaired) electrons. The Morgan fingerprint density at radius 2 is 0.893 bits per heavy atom. The van der Waals surface area contributed by atoms with E-state index in [0.29, 0.717) is 17.9 Å². The fraction of sp³-hybridized carbons (Fsp3) is 0.395. The molecule has 25 nitrogen and oxygen atoms in total. The molecule has 0 aromatic heterocycles. The summed E-state index contributed by atoms with van der Waals surface area (Å²) in [6.45, 7) is 16.5. The van der Waals surface area contributed by atoms with E-state index >= 15 is 0 Å². The topological polar surface area (TPSA) is 344 Å². The summed E-state index contributed by atoms with van der Waals surface area (Å²) in [4.78, 5) is 111. The summed E-state index contributed by atoms with van der Waals surface area (Å²) in [5, 5.41) is 20.6.